The van der Waals surface area contributed by atoms with Crippen molar-refractivity contribution in [2.24, 2.45) is 0 Å². The smallest absolute Gasteiger partial charge is 0.166 e. The van der Waals surface area contributed by atoms with Gasteiger partial charge in [-0.2, -0.15) is 0 Å². The molecular formula is C13H16O2. The zero-order chi connectivity index (χ0) is 11.3. The van der Waals surface area contributed by atoms with Crippen molar-refractivity contribution in [1.29, 1.82) is 0 Å². The molecule has 0 aliphatic heterocycles. The Labute approximate surface area is 90.6 Å². The number of rotatable bonds is 5. The molecule has 0 fully saturated rings. The number of Topliss-reactive ketones (excluding diaryl/α,β-unsaturated/α-hetero) is 1. The first-order valence-corrected chi connectivity index (χ1v) is 5.06. The van der Waals surface area contributed by atoms with Crippen LogP contribution in [0.2, 0.25) is 0 Å². The third kappa shape index (κ3) is 2.94. The zero-order valence-electron chi connectivity index (χ0n) is 9.25. The van der Waals surface area contributed by atoms with E-state index in [1.807, 2.05) is 32.0 Å². The van der Waals surface area contributed by atoms with E-state index in [-0.39, 0.29) is 5.78 Å². The lowest BCUT2D eigenvalue weighted by molar-refractivity contribution is 0.0984. The summed E-state index contributed by atoms with van der Waals surface area (Å²) in [6.45, 7) is 7.81. The Morgan fingerprint density at radius 1 is 1.53 bits per heavy atom. The van der Waals surface area contributed by atoms with Crippen molar-refractivity contribution in [2.45, 2.75) is 20.3 Å². The highest BCUT2D eigenvalue weighted by atomic mass is 16.5. The van der Waals surface area contributed by atoms with Gasteiger partial charge in [0.2, 0.25) is 0 Å². The van der Waals surface area contributed by atoms with Crippen molar-refractivity contribution < 1.29 is 9.53 Å². The Hall–Kier alpha value is -1.57. The number of ketones is 1. The summed E-state index contributed by atoms with van der Waals surface area (Å²) >= 11 is 0. The van der Waals surface area contributed by atoms with Gasteiger partial charge in [-0.25, -0.2) is 0 Å². The Bertz CT molecular complexity index is 367. The second kappa shape index (κ2) is 5.35. The molecule has 1 aromatic rings. The maximum atomic E-state index is 11.6. The van der Waals surface area contributed by atoms with Crippen molar-refractivity contribution in [3.63, 3.8) is 0 Å². The van der Waals surface area contributed by atoms with Crippen molar-refractivity contribution in [3.05, 3.63) is 42.0 Å². The van der Waals surface area contributed by atoms with Crippen LogP contribution in [0.3, 0.4) is 0 Å². The highest BCUT2D eigenvalue weighted by Crippen LogP contribution is 2.21. The maximum Gasteiger partial charge on any atom is 0.166 e. The van der Waals surface area contributed by atoms with Gasteiger partial charge in [0, 0.05) is 6.42 Å². The van der Waals surface area contributed by atoms with Gasteiger partial charge in [-0.15, -0.1) is 0 Å². The molecule has 0 radical (unpaired) electrons. The minimum atomic E-state index is 0.109. The molecule has 0 amide bonds. The summed E-state index contributed by atoms with van der Waals surface area (Å²) in [6, 6.07) is 5.64. The number of carbonyl (C=O) groups excluding carboxylic acids is 1. The first kappa shape index (κ1) is 11.5. The summed E-state index contributed by atoms with van der Waals surface area (Å²) in [5.74, 6) is 0.755. The normalized spacial score (nSPS) is 9.73. The molecule has 0 aliphatic rings. The molecule has 0 atom stereocenters. The van der Waals surface area contributed by atoms with E-state index in [1.165, 1.54) is 0 Å². The van der Waals surface area contributed by atoms with Crippen molar-refractivity contribution in [3.8, 4) is 5.75 Å². The molecule has 1 aromatic carbocycles. The van der Waals surface area contributed by atoms with Crippen molar-refractivity contribution in [1.82, 2.24) is 0 Å². The molecule has 2 nitrogen and oxygen atoms in total. The predicted molar refractivity (Wildman–Crippen MR) is 61.5 cm³/mol. The van der Waals surface area contributed by atoms with Gasteiger partial charge in [0.05, 0.1) is 5.56 Å². The van der Waals surface area contributed by atoms with Crippen LogP contribution in [-0.4, -0.2) is 12.4 Å². The first-order valence-electron chi connectivity index (χ1n) is 5.06. The number of hydrogen-bond acceptors (Lipinski definition) is 2. The highest BCUT2D eigenvalue weighted by molar-refractivity contribution is 5.98. The molecule has 0 aliphatic carbocycles. The monoisotopic (exact) mass is 204 g/mol. The summed E-state index contributed by atoms with van der Waals surface area (Å²) in [5, 5.41) is 0. The van der Waals surface area contributed by atoms with Gasteiger partial charge in [0.25, 0.3) is 0 Å². The minimum absolute atomic E-state index is 0.109. The van der Waals surface area contributed by atoms with E-state index >= 15 is 0 Å². The van der Waals surface area contributed by atoms with Gasteiger partial charge in [-0.1, -0.05) is 31.2 Å². The van der Waals surface area contributed by atoms with E-state index in [1.54, 1.807) is 6.08 Å². The van der Waals surface area contributed by atoms with Gasteiger partial charge >= 0.3 is 0 Å². The van der Waals surface area contributed by atoms with Crippen LogP contribution in [0, 0.1) is 6.92 Å². The molecule has 0 heterocycles. The third-order valence-corrected chi connectivity index (χ3v) is 2.11. The van der Waals surface area contributed by atoms with E-state index in [9.17, 15) is 4.79 Å². The summed E-state index contributed by atoms with van der Waals surface area (Å²) in [6.07, 6.45) is 2.16. The maximum absolute atomic E-state index is 11.6. The molecule has 0 saturated carbocycles. The zero-order valence-corrected chi connectivity index (χ0v) is 9.25. The molecule has 0 saturated heterocycles. The Balaban J connectivity index is 3.02. The predicted octanol–water partition coefficient (Wildman–Crippen LogP) is 3.15. The second-order valence-corrected chi connectivity index (χ2v) is 3.38. The van der Waals surface area contributed by atoms with E-state index in [0.717, 1.165) is 5.56 Å². The number of carbonyl (C=O) groups is 1. The van der Waals surface area contributed by atoms with Crippen molar-refractivity contribution >= 4 is 5.78 Å². The molecule has 0 unspecified atom stereocenters. The van der Waals surface area contributed by atoms with Gasteiger partial charge in [-0.3, -0.25) is 4.79 Å². The molecule has 0 spiro atoms. The van der Waals surface area contributed by atoms with E-state index < -0.39 is 0 Å². The molecule has 0 bridgehead atoms. The molecule has 80 valence electrons. The summed E-state index contributed by atoms with van der Waals surface area (Å²) < 4.78 is 5.43. The Morgan fingerprint density at radius 3 is 2.87 bits per heavy atom. The lowest BCUT2D eigenvalue weighted by Crippen LogP contribution is -2.03. The summed E-state index contributed by atoms with van der Waals surface area (Å²) in [4.78, 5) is 11.6. The third-order valence-electron chi connectivity index (χ3n) is 2.11. The Morgan fingerprint density at radius 2 is 2.27 bits per heavy atom. The van der Waals surface area contributed by atoms with Gasteiger partial charge < -0.3 is 4.74 Å². The fraction of sp³-hybridized carbons (Fsp3) is 0.308. The number of hydrogen-bond donors (Lipinski definition) is 0. The number of benzene rings is 1. The lowest BCUT2D eigenvalue weighted by atomic mass is 10.1. The van der Waals surface area contributed by atoms with E-state index in [4.69, 9.17) is 4.74 Å². The molecule has 2 heteroatoms. The van der Waals surface area contributed by atoms with Crippen LogP contribution in [0.1, 0.15) is 29.3 Å². The van der Waals surface area contributed by atoms with Gasteiger partial charge in [-0.05, 0) is 19.1 Å². The number of ether oxygens (including phenoxy) is 1. The van der Waals surface area contributed by atoms with Crippen LogP contribution in [0.4, 0.5) is 0 Å². The molecule has 1 rings (SSSR count). The van der Waals surface area contributed by atoms with Crippen LogP contribution < -0.4 is 4.74 Å². The standard InChI is InChI=1S/C13H16O2/c1-4-8-15-13-7-6-10(3)9-11(13)12(14)5-2/h4,6-7,9H,1,5,8H2,2-3H3. The summed E-state index contributed by atoms with van der Waals surface area (Å²) in [5.41, 5.74) is 1.73. The van der Waals surface area contributed by atoms with Crippen LogP contribution in [0.15, 0.2) is 30.9 Å². The topological polar surface area (TPSA) is 26.3 Å². The lowest BCUT2D eigenvalue weighted by Gasteiger charge is -2.09. The van der Waals surface area contributed by atoms with Crippen molar-refractivity contribution in [2.75, 3.05) is 6.61 Å². The fourth-order valence-electron chi connectivity index (χ4n) is 1.33. The second-order valence-electron chi connectivity index (χ2n) is 3.38. The van der Waals surface area contributed by atoms with E-state index in [2.05, 4.69) is 6.58 Å². The average Bonchev–Trinajstić information content (AvgIpc) is 2.26. The SMILES string of the molecule is C=CCOc1ccc(C)cc1C(=O)CC. The minimum Gasteiger partial charge on any atom is -0.489 e. The molecule has 0 N–H and O–H groups in total. The van der Waals surface area contributed by atoms with Crippen LogP contribution in [-0.2, 0) is 0 Å². The first-order chi connectivity index (χ1) is 7.19. The highest BCUT2D eigenvalue weighted by Gasteiger charge is 2.10. The van der Waals surface area contributed by atoms with Crippen LogP contribution >= 0.6 is 0 Å². The van der Waals surface area contributed by atoms with Crippen LogP contribution in [0.25, 0.3) is 0 Å². The fourth-order valence-corrected chi connectivity index (χ4v) is 1.33. The van der Waals surface area contributed by atoms with Gasteiger partial charge in [0.15, 0.2) is 5.78 Å². The number of aryl methyl sites for hydroxylation is 1. The largest absolute Gasteiger partial charge is 0.489 e. The quantitative estimate of drug-likeness (QED) is 0.544. The molecule has 15 heavy (non-hydrogen) atoms. The molecule has 0 aromatic heterocycles. The van der Waals surface area contributed by atoms with E-state index in [0.29, 0.717) is 24.3 Å². The van der Waals surface area contributed by atoms with Gasteiger partial charge in [0.1, 0.15) is 12.4 Å². The van der Waals surface area contributed by atoms with Crippen LogP contribution in [0.5, 0.6) is 5.75 Å². The average molecular weight is 204 g/mol. The molecular weight excluding hydrogens is 188 g/mol. The summed E-state index contributed by atoms with van der Waals surface area (Å²) in [7, 11) is 0. The Kier molecular flexibility index (Phi) is 4.10.